The molecule has 7 heteroatoms. The fourth-order valence-electron chi connectivity index (χ4n) is 5.64. The van der Waals surface area contributed by atoms with E-state index in [-0.39, 0.29) is 12.1 Å². The zero-order valence-corrected chi connectivity index (χ0v) is 17.3. The molecular weight excluding hydrogens is 366 g/mol. The molecule has 4 saturated heterocycles. The number of nitrogens with zero attached hydrogens (tertiary/aromatic N) is 4. The third-order valence-corrected chi connectivity index (χ3v) is 7.00. The SMILES string of the molecule is O=C1N(c2ccccc2)C(N2CCOCC2)C1(N1CCCCC1)N1CCNCC1. The van der Waals surface area contributed by atoms with E-state index < -0.39 is 5.66 Å². The van der Waals surface area contributed by atoms with Crippen molar-refractivity contribution >= 4 is 11.6 Å². The highest BCUT2D eigenvalue weighted by atomic mass is 16.5. The summed E-state index contributed by atoms with van der Waals surface area (Å²) < 4.78 is 5.66. The fraction of sp³-hybridized carbons (Fsp3) is 0.682. The van der Waals surface area contributed by atoms with Crippen molar-refractivity contribution in [1.82, 2.24) is 20.0 Å². The summed E-state index contributed by atoms with van der Waals surface area (Å²) in [6, 6.07) is 10.2. The van der Waals surface area contributed by atoms with Gasteiger partial charge in [-0.3, -0.25) is 24.4 Å². The minimum absolute atomic E-state index is 0.0394. The molecule has 0 aliphatic carbocycles. The van der Waals surface area contributed by atoms with Crippen LogP contribution in [0.25, 0.3) is 0 Å². The maximum Gasteiger partial charge on any atom is 0.267 e. The first-order valence-corrected chi connectivity index (χ1v) is 11.2. The van der Waals surface area contributed by atoms with Crippen LogP contribution in [-0.4, -0.2) is 98.0 Å². The maximum atomic E-state index is 14.1. The minimum Gasteiger partial charge on any atom is -0.379 e. The molecule has 4 aliphatic heterocycles. The van der Waals surface area contributed by atoms with Crippen molar-refractivity contribution in [2.75, 3.05) is 70.5 Å². The predicted molar refractivity (Wildman–Crippen MR) is 113 cm³/mol. The lowest BCUT2D eigenvalue weighted by Crippen LogP contribution is -2.91. The van der Waals surface area contributed by atoms with Crippen LogP contribution in [0.1, 0.15) is 19.3 Å². The van der Waals surface area contributed by atoms with E-state index in [1.165, 1.54) is 19.3 Å². The second kappa shape index (κ2) is 8.32. The van der Waals surface area contributed by atoms with Crippen LogP contribution in [0.5, 0.6) is 0 Å². The third-order valence-electron chi connectivity index (χ3n) is 7.00. The Balaban J connectivity index is 1.57. The molecule has 0 aromatic heterocycles. The molecule has 2 unspecified atom stereocenters. The van der Waals surface area contributed by atoms with Crippen LogP contribution < -0.4 is 10.2 Å². The molecule has 5 rings (SSSR count). The molecule has 1 amide bonds. The number of β-lactam (4-membered cyclic amide) rings is 1. The van der Waals surface area contributed by atoms with Crippen LogP contribution in [0.4, 0.5) is 5.69 Å². The largest absolute Gasteiger partial charge is 0.379 e. The van der Waals surface area contributed by atoms with E-state index in [0.717, 1.165) is 71.3 Å². The summed E-state index contributed by atoms with van der Waals surface area (Å²) in [7, 11) is 0. The second-order valence-corrected chi connectivity index (χ2v) is 8.54. The Labute approximate surface area is 173 Å². The molecule has 158 valence electrons. The van der Waals surface area contributed by atoms with Gasteiger partial charge in [-0.1, -0.05) is 24.6 Å². The van der Waals surface area contributed by atoms with E-state index in [1.54, 1.807) is 0 Å². The molecule has 29 heavy (non-hydrogen) atoms. The molecule has 1 aromatic rings. The van der Waals surface area contributed by atoms with E-state index in [1.807, 2.05) is 18.2 Å². The molecule has 0 spiro atoms. The van der Waals surface area contributed by atoms with E-state index in [9.17, 15) is 4.79 Å². The smallest absolute Gasteiger partial charge is 0.267 e. The molecule has 4 aliphatic rings. The monoisotopic (exact) mass is 399 g/mol. The Kier molecular flexibility index (Phi) is 5.58. The van der Waals surface area contributed by atoms with Crippen LogP contribution in [0, 0.1) is 0 Å². The number of likely N-dealkylation sites (tertiary alicyclic amines) is 1. The van der Waals surface area contributed by atoms with Gasteiger partial charge in [0.05, 0.1) is 13.2 Å². The summed E-state index contributed by atoms with van der Waals surface area (Å²) >= 11 is 0. The van der Waals surface area contributed by atoms with E-state index >= 15 is 0 Å². The van der Waals surface area contributed by atoms with E-state index in [0.29, 0.717) is 0 Å². The molecule has 4 heterocycles. The van der Waals surface area contributed by atoms with Gasteiger partial charge in [-0.2, -0.15) is 0 Å². The van der Waals surface area contributed by atoms with Gasteiger partial charge in [-0.15, -0.1) is 0 Å². The first-order chi connectivity index (χ1) is 14.3. The van der Waals surface area contributed by atoms with E-state index in [2.05, 4.69) is 37.0 Å². The number of benzene rings is 1. The lowest BCUT2D eigenvalue weighted by molar-refractivity contribution is -0.192. The average Bonchev–Trinajstić information content (AvgIpc) is 2.80. The van der Waals surface area contributed by atoms with Crippen molar-refractivity contribution < 1.29 is 9.53 Å². The summed E-state index contributed by atoms with van der Waals surface area (Å²) in [5.74, 6) is 0.254. The number of hydrogen-bond donors (Lipinski definition) is 1. The molecule has 0 saturated carbocycles. The fourth-order valence-corrected chi connectivity index (χ4v) is 5.64. The highest BCUT2D eigenvalue weighted by Gasteiger charge is 2.69. The molecular formula is C22H33N5O2. The normalized spacial score (nSPS) is 32.9. The number of piperidine rings is 1. The number of anilines is 1. The number of nitrogens with one attached hydrogen (secondary N) is 1. The summed E-state index contributed by atoms with van der Waals surface area (Å²) in [5, 5.41) is 3.47. The molecule has 4 fully saturated rings. The van der Waals surface area contributed by atoms with Crippen molar-refractivity contribution in [1.29, 1.82) is 0 Å². The maximum absolute atomic E-state index is 14.1. The van der Waals surface area contributed by atoms with Gasteiger partial charge in [0, 0.05) is 58.0 Å². The van der Waals surface area contributed by atoms with E-state index in [4.69, 9.17) is 4.74 Å². The number of carbonyl (C=O) groups excluding carboxylic acids is 1. The van der Waals surface area contributed by atoms with Crippen molar-refractivity contribution in [3.63, 3.8) is 0 Å². The molecule has 2 atom stereocenters. The Bertz CT molecular complexity index is 678. The van der Waals surface area contributed by atoms with Crippen molar-refractivity contribution in [3.8, 4) is 0 Å². The average molecular weight is 400 g/mol. The van der Waals surface area contributed by atoms with Gasteiger partial charge in [0.1, 0.15) is 6.17 Å². The van der Waals surface area contributed by atoms with Gasteiger partial charge < -0.3 is 10.1 Å². The second-order valence-electron chi connectivity index (χ2n) is 8.54. The molecule has 1 N–H and O–H groups in total. The van der Waals surface area contributed by atoms with Gasteiger partial charge >= 0.3 is 0 Å². The first-order valence-electron chi connectivity index (χ1n) is 11.2. The summed E-state index contributed by atoms with van der Waals surface area (Å²) in [6.07, 6.45) is 3.68. The zero-order valence-electron chi connectivity index (χ0n) is 17.3. The lowest BCUT2D eigenvalue weighted by atomic mass is 9.84. The van der Waals surface area contributed by atoms with Gasteiger partial charge in [0.15, 0.2) is 5.66 Å². The number of carbonyl (C=O) groups is 1. The number of piperazine rings is 1. The standard InChI is InChI=1S/C22H33N5O2/c28-21-22(25-11-5-2-6-12-25,26-13-9-23-10-14-26)20(24-15-17-29-18-16-24)27(21)19-7-3-1-4-8-19/h1,3-4,7-8,20,23H,2,5-6,9-18H2. The number of rotatable bonds is 4. The van der Waals surface area contributed by atoms with Crippen LogP contribution in [0.15, 0.2) is 30.3 Å². The van der Waals surface area contributed by atoms with Crippen LogP contribution in [-0.2, 0) is 9.53 Å². The lowest BCUT2D eigenvalue weighted by Gasteiger charge is -2.67. The highest BCUT2D eigenvalue weighted by Crippen LogP contribution is 2.45. The number of para-hydroxylation sites is 1. The zero-order chi connectivity index (χ0) is 19.7. The van der Waals surface area contributed by atoms with Gasteiger partial charge in [0.25, 0.3) is 5.91 Å². The molecule has 0 radical (unpaired) electrons. The van der Waals surface area contributed by atoms with Crippen molar-refractivity contribution in [3.05, 3.63) is 30.3 Å². The predicted octanol–water partition coefficient (Wildman–Crippen LogP) is 0.779. The number of amides is 1. The highest BCUT2D eigenvalue weighted by molar-refractivity contribution is 6.08. The Morgan fingerprint density at radius 1 is 0.862 bits per heavy atom. The van der Waals surface area contributed by atoms with Crippen molar-refractivity contribution in [2.24, 2.45) is 0 Å². The van der Waals surface area contributed by atoms with Gasteiger partial charge in [0.2, 0.25) is 0 Å². The molecule has 0 bridgehead atoms. The third kappa shape index (κ3) is 3.20. The van der Waals surface area contributed by atoms with Crippen LogP contribution in [0.3, 0.4) is 0 Å². The summed E-state index contributed by atoms with van der Waals surface area (Å²) in [4.78, 5) is 23.7. The number of ether oxygens (including phenoxy) is 1. The topological polar surface area (TPSA) is 51.3 Å². The first kappa shape index (κ1) is 19.5. The van der Waals surface area contributed by atoms with Crippen molar-refractivity contribution in [2.45, 2.75) is 31.1 Å². The summed E-state index contributed by atoms with van der Waals surface area (Å²) in [5.41, 5.74) is 0.465. The minimum atomic E-state index is -0.546. The summed E-state index contributed by atoms with van der Waals surface area (Å²) in [6.45, 7) is 9.01. The number of hydrogen-bond acceptors (Lipinski definition) is 6. The molecule has 7 nitrogen and oxygen atoms in total. The molecule has 1 aromatic carbocycles. The quantitative estimate of drug-likeness (QED) is 0.756. The Morgan fingerprint density at radius 3 is 2.21 bits per heavy atom. The Morgan fingerprint density at radius 2 is 1.52 bits per heavy atom. The van der Waals surface area contributed by atoms with Gasteiger partial charge in [-0.25, -0.2) is 0 Å². The van der Waals surface area contributed by atoms with Crippen LogP contribution in [0.2, 0.25) is 0 Å². The number of morpholine rings is 1. The van der Waals surface area contributed by atoms with Crippen LogP contribution >= 0.6 is 0 Å². The van der Waals surface area contributed by atoms with Gasteiger partial charge in [-0.05, 0) is 25.0 Å². The Hall–Kier alpha value is -1.51.